The second kappa shape index (κ2) is 4.79. The first kappa shape index (κ1) is 12.9. The van der Waals surface area contributed by atoms with Gasteiger partial charge in [0.25, 0.3) is 10.1 Å². The molecule has 1 saturated heterocycles. The number of hydrogen-bond donors (Lipinski definition) is 1. The number of rotatable bonds is 4. The van der Waals surface area contributed by atoms with Crippen molar-refractivity contribution in [2.45, 2.75) is 6.42 Å². The van der Waals surface area contributed by atoms with Crippen molar-refractivity contribution in [1.82, 2.24) is 4.90 Å². The molecule has 0 aliphatic carbocycles. The molecule has 0 aromatic rings. The van der Waals surface area contributed by atoms with E-state index in [1.54, 1.807) is 0 Å². The maximum Gasteiger partial charge on any atom is 0.310 e. The van der Waals surface area contributed by atoms with Gasteiger partial charge in [0.05, 0.1) is 18.8 Å². The molecule has 1 atom stereocenters. The molecule has 1 fully saturated rings. The Hall–Kier alpha value is -1.15. The summed E-state index contributed by atoms with van der Waals surface area (Å²) in [5.74, 6) is -1.85. The molecule has 8 heteroatoms. The standard InChI is InChI=1S/C8H13NO6S/c1-15-8(11)6-4-7(10)9(5-6)2-3-16(12,13)14/h6H,2-5H2,1H3,(H,12,13,14). The van der Waals surface area contributed by atoms with Gasteiger partial charge in [-0.05, 0) is 0 Å². The van der Waals surface area contributed by atoms with Gasteiger partial charge in [-0.1, -0.05) is 0 Å². The fraction of sp³-hybridized carbons (Fsp3) is 0.750. The number of methoxy groups -OCH3 is 1. The lowest BCUT2D eigenvalue weighted by Gasteiger charge is -2.14. The Kier molecular flexibility index (Phi) is 3.87. The number of ether oxygens (including phenoxy) is 1. The molecule has 92 valence electrons. The van der Waals surface area contributed by atoms with E-state index in [0.29, 0.717) is 0 Å². The molecule has 0 radical (unpaired) electrons. The summed E-state index contributed by atoms with van der Waals surface area (Å²) in [4.78, 5) is 23.7. The summed E-state index contributed by atoms with van der Waals surface area (Å²) in [6.07, 6.45) is 0.0259. The highest BCUT2D eigenvalue weighted by Crippen LogP contribution is 2.18. The van der Waals surface area contributed by atoms with Crippen LogP contribution in [0.25, 0.3) is 0 Å². The molecule has 16 heavy (non-hydrogen) atoms. The van der Waals surface area contributed by atoms with Crippen LogP contribution in [0, 0.1) is 5.92 Å². The van der Waals surface area contributed by atoms with Gasteiger partial charge in [0, 0.05) is 19.5 Å². The lowest BCUT2D eigenvalue weighted by atomic mass is 10.1. The summed E-state index contributed by atoms with van der Waals surface area (Å²) in [5, 5.41) is 0. The number of amides is 1. The summed E-state index contributed by atoms with van der Waals surface area (Å²) in [6, 6.07) is 0. The minimum Gasteiger partial charge on any atom is -0.469 e. The lowest BCUT2D eigenvalue weighted by Crippen LogP contribution is -2.31. The van der Waals surface area contributed by atoms with E-state index in [1.807, 2.05) is 0 Å². The van der Waals surface area contributed by atoms with Crippen molar-refractivity contribution >= 4 is 22.0 Å². The monoisotopic (exact) mass is 251 g/mol. The van der Waals surface area contributed by atoms with Crippen molar-refractivity contribution in [1.29, 1.82) is 0 Å². The highest BCUT2D eigenvalue weighted by atomic mass is 32.2. The smallest absolute Gasteiger partial charge is 0.310 e. The number of carbonyl (C=O) groups is 2. The first-order valence-corrected chi connectivity index (χ1v) is 6.25. The third-order valence-electron chi connectivity index (χ3n) is 2.37. The average molecular weight is 251 g/mol. The number of hydrogen-bond acceptors (Lipinski definition) is 5. The van der Waals surface area contributed by atoms with Gasteiger partial charge in [-0.15, -0.1) is 0 Å². The molecular weight excluding hydrogens is 238 g/mol. The summed E-state index contributed by atoms with van der Waals surface area (Å²) >= 11 is 0. The minimum atomic E-state index is -4.09. The number of nitrogens with zero attached hydrogens (tertiary/aromatic N) is 1. The van der Waals surface area contributed by atoms with Crippen LogP contribution in [0.5, 0.6) is 0 Å². The SMILES string of the molecule is COC(=O)C1CC(=O)N(CCS(=O)(=O)O)C1. The van der Waals surface area contributed by atoms with Gasteiger partial charge >= 0.3 is 5.97 Å². The third kappa shape index (κ3) is 3.46. The Morgan fingerprint density at radius 3 is 2.75 bits per heavy atom. The quantitative estimate of drug-likeness (QED) is 0.502. The number of esters is 1. The third-order valence-corrected chi connectivity index (χ3v) is 3.07. The van der Waals surface area contributed by atoms with Crippen molar-refractivity contribution in [3.8, 4) is 0 Å². The van der Waals surface area contributed by atoms with Crippen LogP contribution in [-0.4, -0.2) is 55.7 Å². The maximum atomic E-state index is 11.4. The normalized spacial score (nSPS) is 21.2. The summed E-state index contributed by atoms with van der Waals surface area (Å²) in [6.45, 7) is 0.0339. The Balaban J connectivity index is 2.52. The van der Waals surface area contributed by atoms with Gasteiger partial charge in [-0.25, -0.2) is 0 Å². The zero-order chi connectivity index (χ0) is 12.3. The second-order valence-electron chi connectivity index (χ2n) is 3.55. The van der Waals surface area contributed by atoms with Crippen LogP contribution in [0.2, 0.25) is 0 Å². The zero-order valence-corrected chi connectivity index (χ0v) is 9.57. The van der Waals surface area contributed by atoms with Crippen molar-refractivity contribution in [3.63, 3.8) is 0 Å². The van der Waals surface area contributed by atoms with Crippen LogP contribution in [0.3, 0.4) is 0 Å². The molecule has 0 bridgehead atoms. The minimum absolute atomic E-state index is 0.0259. The van der Waals surface area contributed by atoms with Gasteiger partial charge in [0.2, 0.25) is 5.91 Å². The number of likely N-dealkylation sites (tertiary alicyclic amines) is 1. The Morgan fingerprint density at radius 2 is 2.25 bits per heavy atom. The summed E-state index contributed by atoms with van der Waals surface area (Å²) < 4.78 is 34.0. The molecule has 1 heterocycles. The van der Waals surface area contributed by atoms with Crippen molar-refractivity contribution in [2.24, 2.45) is 5.92 Å². The van der Waals surface area contributed by atoms with Crippen LogP contribution in [-0.2, 0) is 24.4 Å². The molecule has 7 nitrogen and oxygen atoms in total. The molecule has 1 amide bonds. The molecule has 0 saturated carbocycles. The van der Waals surface area contributed by atoms with E-state index in [-0.39, 0.29) is 25.4 Å². The van der Waals surface area contributed by atoms with Crippen LogP contribution >= 0.6 is 0 Å². The molecular formula is C8H13NO6S. The highest BCUT2D eigenvalue weighted by Gasteiger charge is 2.35. The number of carbonyl (C=O) groups excluding carboxylic acids is 2. The van der Waals surface area contributed by atoms with E-state index in [0.717, 1.165) is 0 Å². The fourth-order valence-corrected chi connectivity index (χ4v) is 1.99. The predicted molar refractivity (Wildman–Crippen MR) is 53.1 cm³/mol. The van der Waals surface area contributed by atoms with E-state index >= 15 is 0 Å². The largest absolute Gasteiger partial charge is 0.469 e. The van der Waals surface area contributed by atoms with Crippen molar-refractivity contribution < 1.29 is 27.3 Å². The van der Waals surface area contributed by atoms with Gasteiger partial charge < -0.3 is 9.64 Å². The predicted octanol–water partition coefficient (Wildman–Crippen LogP) is -1.10. The Morgan fingerprint density at radius 1 is 1.62 bits per heavy atom. The topological polar surface area (TPSA) is 101 Å². The van der Waals surface area contributed by atoms with E-state index < -0.39 is 27.8 Å². The molecule has 1 aliphatic heterocycles. The fourth-order valence-electron chi connectivity index (χ4n) is 1.54. The molecule has 1 rings (SSSR count). The lowest BCUT2D eigenvalue weighted by molar-refractivity contribution is -0.145. The molecule has 0 aromatic carbocycles. The Labute approximate surface area is 93.1 Å². The van der Waals surface area contributed by atoms with E-state index in [2.05, 4.69) is 4.74 Å². The molecule has 1 aliphatic rings. The van der Waals surface area contributed by atoms with Crippen LogP contribution in [0.1, 0.15) is 6.42 Å². The molecule has 1 N–H and O–H groups in total. The summed E-state index contributed by atoms with van der Waals surface area (Å²) in [7, 11) is -2.86. The van der Waals surface area contributed by atoms with Crippen LogP contribution < -0.4 is 0 Å². The molecule has 1 unspecified atom stereocenters. The molecule has 0 aromatic heterocycles. The zero-order valence-electron chi connectivity index (χ0n) is 8.75. The van der Waals surface area contributed by atoms with E-state index in [9.17, 15) is 18.0 Å². The van der Waals surface area contributed by atoms with Crippen LogP contribution in [0.15, 0.2) is 0 Å². The van der Waals surface area contributed by atoms with Gasteiger partial charge in [-0.3, -0.25) is 14.1 Å². The van der Waals surface area contributed by atoms with Gasteiger partial charge in [-0.2, -0.15) is 8.42 Å². The van der Waals surface area contributed by atoms with Gasteiger partial charge in [0.15, 0.2) is 0 Å². The second-order valence-corrected chi connectivity index (χ2v) is 5.12. The maximum absolute atomic E-state index is 11.4. The van der Waals surface area contributed by atoms with E-state index in [1.165, 1.54) is 12.0 Å². The van der Waals surface area contributed by atoms with Crippen LogP contribution in [0.4, 0.5) is 0 Å². The highest BCUT2D eigenvalue weighted by molar-refractivity contribution is 7.85. The van der Waals surface area contributed by atoms with E-state index in [4.69, 9.17) is 4.55 Å². The summed E-state index contributed by atoms with van der Waals surface area (Å²) in [5.41, 5.74) is 0. The first-order chi connectivity index (χ1) is 7.33. The van der Waals surface area contributed by atoms with Gasteiger partial charge in [0.1, 0.15) is 0 Å². The molecule has 0 spiro atoms. The van der Waals surface area contributed by atoms with Crippen molar-refractivity contribution in [2.75, 3.05) is 26.0 Å². The van der Waals surface area contributed by atoms with Crippen molar-refractivity contribution in [3.05, 3.63) is 0 Å². The Bertz CT molecular complexity index is 389. The first-order valence-electron chi connectivity index (χ1n) is 4.64. The average Bonchev–Trinajstić information content (AvgIpc) is 2.54.